The third kappa shape index (κ3) is 5.83. The lowest BCUT2D eigenvalue weighted by Crippen LogP contribution is -2.28. The van der Waals surface area contributed by atoms with Gasteiger partial charge in [0.2, 0.25) is 0 Å². The van der Waals surface area contributed by atoms with Crippen molar-refractivity contribution >= 4 is 34.5 Å². The third-order valence-electron chi connectivity index (χ3n) is 6.97. The average molecular weight is 532 g/mol. The number of aromatic nitrogens is 2. The van der Waals surface area contributed by atoms with Crippen LogP contribution in [0.5, 0.6) is 0 Å². The number of unbranched alkanes of at least 4 members (excludes halogenated alkanes) is 1. The number of aryl methyl sites for hydroxylation is 1. The highest BCUT2D eigenvalue weighted by Crippen LogP contribution is 2.30. The summed E-state index contributed by atoms with van der Waals surface area (Å²) in [4.78, 5) is 35.9. The molecule has 1 aliphatic heterocycles. The predicted octanol–water partition coefficient (Wildman–Crippen LogP) is 6.52. The summed E-state index contributed by atoms with van der Waals surface area (Å²) in [7, 11) is 0. The molecular formula is C30H27ClFN3O3. The lowest BCUT2D eigenvalue weighted by Gasteiger charge is -2.17. The van der Waals surface area contributed by atoms with Crippen molar-refractivity contribution in [2.75, 3.05) is 13.1 Å². The fourth-order valence-corrected chi connectivity index (χ4v) is 5.07. The van der Waals surface area contributed by atoms with E-state index in [1.165, 1.54) is 12.1 Å². The first-order valence-corrected chi connectivity index (χ1v) is 13.1. The monoisotopic (exact) mass is 531 g/mol. The fraction of sp³-hybridized carbons (Fsp3) is 0.267. The number of nitrogens with zero attached hydrogens (tertiary/aromatic N) is 3. The number of aliphatic carboxylic acids is 1. The second kappa shape index (κ2) is 11.3. The molecule has 0 unspecified atom stereocenters. The summed E-state index contributed by atoms with van der Waals surface area (Å²) in [6.07, 6.45) is 2.69. The van der Waals surface area contributed by atoms with E-state index >= 15 is 0 Å². The molecule has 0 saturated carbocycles. The van der Waals surface area contributed by atoms with E-state index < -0.39 is 5.97 Å². The molecule has 1 fully saturated rings. The minimum atomic E-state index is -0.820. The van der Waals surface area contributed by atoms with Gasteiger partial charge in [0.25, 0.3) is 5.91 Å². The number of halogens is 2. The Balaban J connectivity index is 1.40. The average Bonchev–Trinajstić information content (AvgIpc) is 3.41. The zero-order valence-corrected chi connectivity index (χ0v) is 21.5. The number of amides is 1. The molecule has 1 amide bonds. The Morgan fingerprint density at radius 2 is 1.74 bits per heavy atom. The summed E-state index contributed by atoms with van der Waals surface area (Å²) in [6, 6.07) is 19.2. The van der Waals surface area contributed by atoms with Gasteiger partial charge in [-0.1, -0.05) is 35.9 Å². The van der Waals surface area contributed by atoms with Gasteiger partial charge in [-0.15, -0.1) is 0 Å². The minimum Gasteiger partial charge on any atom is -0.481 e. The molecule has 1 N–H and O–H groups in total. The van der Waals surface area contributed by atoms with E-state index in [2.05, 4.69) is 0 Å². The molecule has 5 rings (SSSR count). The number of hydrogen-bond donors (Lipinski definition) is 1. The van der Waals surface area contributed by atoms with Gasteiger partial charge in [-0.2, -0.15) is 0 Å². The summed E-state index contributed by atoms with van der Waals surface area (Å²) in [5.41, 5.74) is 5.23. The maximum Gasteiger partial charge on any atom is 0.303 e. The van der Waals surface area contributed by atoms with Crippen LogP contribution in [0.15, 0.2) is 66.7 Å². The van der Waals surface area contributed by atoms with Crippen LogP contribution in [0.25, 0.3) is 22.3 Å². The molecule has 0 aliphatic carbocycles. The van der Waals surface area contributed by atoms with E-state index in [0.717, 1.165) is 28.9 Å². The first-order chi connectivity index (χ1) is 18.4. The van der Waals surface area contributed by atoms with Gasteiger partial charge in [0, 0.05) is 41.6 Å². The van der Waals surface area contributed by atoms with Crippen molar-refractivity contribution in [2.45, 2.75) is 38.0 Å². The molecule has 1 atom stereocenters. The number of carboxylic acids is 1. The Labute approximate surface area is 225 Å². The molecule has 0 radical (unpaired) electrons. The Bertz CT molecular complexity index is 1480. The zero-order chi connectivity index (χ0) is 26.6. The number of benzene rings is 3. The summed E-state index contributed by atoms with van der Waals surface area (Å²) >= 11 is 6.07. The normalized spacial score (nSPS) is 15.2. The molecule has 38 heavy (non-hydrogen) atoms. The summed E-state index contributed by atoms with van der Waals surface area (Å²) in [5, 5.41) is 9.61. The summed E-state index contributed by atoms with van der Waals surface area (Å²) in [5.74, 6) is -0.973. The van der Waals surface area contributed by atoms with E-state index in [1.807, 2.05) is 23.1 Å². The van der Waals surface area contributed by atoms with Gasteiger partial charge in [-0.05, 0) is 73.7 Å². The third-order valence-corrected chi connectivity index (χ3v) is 7.22. The molecule has 6 nitrogen and oxygen atoms in total. The Hall–Kier alpha value is -3.84. The van der Waals surface area contributed by atoms with Crippen LogP contribution in [-0.2, 0) is 11.2 Å². The van der Waals surface area contributed by atoms with Crippen molar-refractivity contribution < 1.29 is 19.1 Å². The highest BCUT2D eigenvalue weighted by Gasteiger charge is 2.28. The lowest BCUT2D eigenvalue weighted by molar-refractivity contribution is -0.137. The second-order valence-corrected chi connectivity index (χ2v) is 10.1. The molecule has 3 aromatic carbocycles. The first-order valence-electron chi connectivity index (χ1n) is 12.7. The van der Waals surface area contributed by atoms with Crippen molar-refractivity contribution in [3.63, 3.8) is 0 Å². The molecule has 1 aliphatic rings. The highest BCUT2D eigenvalue weighted by atomic mass is 35.5. The van der Waals surface area contributed by atoms with E-state index in [-0.39, 0.29) is 24.1 Å². The van der Waals surface area contributed by atoms with Crippen LogP contribution >= 0.6 is 11.6 Å². The quantitative estimate of drug-likeness (QED) is 0.262. The van der Waals surface area contributed by atoms with Crippen LogP contribution in [0.1, 0.15) is 53.2 Å². The van der Waals surface area contributed by atoms with Crippen molar-refractivity contribution in [2.24, 2.45) is 0 Å². The van der Waals surface area contributed by atoms with Gasteiger partial charge in [0.15, 0.2) is 0 Å². The maximum absolute atomic E-state index is 13.4. The Kier molecular flexibility index (Phi) is 7.65. The molecular weight excluding hydrogens is 505 g/mol. The van der Waals surface area contributed by atoms with E-state index in [4.69, 9.17) is 26.7 Å². The standard InChI is InChI=1S/C30H27ClFN3O3/c31-23-10-5-20(6-11-23)29-26(3-1-2-4-28(36)37)33-27-17-21(9-14-25(27)34-29)30(38)35-16-15-22(18-35)19-7-12-24(32)13-8-19/h5-14,17,22H,1-4,15-16,18H2,(H,36,37)/t22-/m0/s1. The van der Waals surface area contributed by atoms with Crippen LogP contribution in [0.2, 0.25) is 5.02 Å². The molecule has 2 heterocycles. The zero-order valence-electron chi connectivity index (χ0n) is 20.7. The first kappa shape index (κ1) is 25.8. The number of likely N-dealkylation sites (tertiary alicyclic amines) is 1. The molecule has 1 saturated heterocycles. The van der Waals surface area contributed by atoms with Gasteiger partial charge in [-0.25, -0.2) is 14.4 Å². The molecule has 4 aromatic rings. The van der Waals surface area contributed by atoms with Crippen molar-refractivity contribution in [3.05, 3.63) is 94.4 Å². The van der Waals surface area contributed by atoms with Gasteiger partial charge < -0.3 is 10.0 Å². The fourth-order valence-electron chi connectivity index (χ4n) is 4.94. The van der Waals surface area contributed by atoms with Crippen LogP contribution in [0.4, 0.5) is 4.39 Å². The topological polar surface area (TPSA) is 83.4 Å². The number of fused-ring (bicyclic) bond motifs is 1. The molecule has 194 valence electrons. The van der Waals surface area contributed by atoms with Crippen LogP contribution in [-0.4, -0.2) is 44.9 Å². The number of carboxylic acid groups (broad SMARTS) is 1. The van der Waals surface area contributed by atoms with Crippen LogP contribution in [0.3, 0.4) is 0 Å². The van der Waals surface area contributed by atoms with Gasteiger partial charge in [0.1, 0.15) is 5.82 Å². The second-order valence-electron chi connectivity index (χ2n) is 9.62. The summed E-state index contributed by atoms with van der Waals surface area (Å²) < 4.78 is 13.3. The SMILES string of the molecule is O=C(O)CCCCc1nc2cc(C(=O)N3CC[C@H](c4ccc(F)cc4)C3)ccc2nc1-c1ccc(Cl)cc1. The van der Waals surface area contributed by atoms with Crippen LogP contribution < -0.4 is 0 Å². The van der Waals surface area contributed by atoms with Crippen molar-refractivity contribution in [1.29, 1.82) is 0 Å². The van der Waals surface area contributed by atoms with Crippen LogP contribution in [0, 0.1) is 5.82 Å². The molecule has 0 spiro atoms. The smallest absolute Gasteiger partial charge is 0.303 e. The van der Waals surface area contributed by atoms with Gasteiger partial charge >= 0.3 is 5.97 Å². The summed E-state index contributed by atoms with van der Waals surface area (Å²) in [6.45, 7) is 1.22. The van der Waals surface area contributed by atoms with Crippen molar-refractivity contribution in [1.82, 2.24) is 14.9 Å². The molecule has 8 heteroatoms. The lowest BCUT2D eigenvalue weighted by atomic mass is 9.98. The molecule has 1 aromatic heterocycles. The number of hydrogen-bond acceptors (Lipinski definition) is 4. The number of carbonyl (C=O) groups excluding carboxylic acids is 1. The van der Waals surface area contributed by atoms with Crippen molar-refractivity contribution in [3.8, 4) is 11.3 Å². The highest BCUT2D eigenvalue weighted by molar-refractivity contribution is 6.30. The van der Waals surface area contributed by atoms with E-state index in [1.54, 1.807) is 36.4 Å². The van der Waals surface area contributed by atoms with E-state index in [9.17, 15) is 14.0 Å². The maximum atomic E-state index is 13.4. The largest absolute Gasteiger partial charge is 0.481 e. The Morgan fingerprint density at radius 1 is 0.974 bits per heavy atom. The van der Waals surface area contributed by atoms with Gasteiger partial charge in [0.05, 0.1) is 22.4 Å². The molecule has 0 bridgehead atoms. The number of rotatable bonds is 8. The Morgan fingerprint density at radius 3 is 2.47 bits per heavy atom. The number of carbonyl (C=O) groups is 2. The predicted molar refractivity (Wildman–Crippen MR) is 145 cm³/mol. The minimum absolute atomic E-state index is 0.0666. The van der Waals surface area contributed by atoms with E-state index in [0.29, 0.717) is 54.0 Å². The van der Waals surface area contributed by atoms with Gasteiger partial charge in [-0.3, -0.25) is 9.59 Å².